The molecular weight excluding hydrogens is 368 g/mol. The van der Waals surface area contributed by atoms with Gasteiger partial charge in [0.2, 0.25) is 5.91 Å². The third-order valence-corrected chi connectivity index (χ3v) is 4.44. The van der Waals surface area contributed by atoms with E-state index < -0.39 is 6.23 Å². The van der Waals surface area contributed by atoms with Gasteiger partial charge in [-0.2, -0.15) is 0 Å². The molecule has 1 aliphatic heterocycles. The zero-order valence-corrected chi connectivity index (χ0v) is 17.2. The summed E-state index contributed by atoms with van der Waals surface area (Å²) in [4.78, 5) is 24.0. The molecule has 29 heavy (non-hydrogen) atoms. The van der Waals surface area contributed by atoms with Gasteiger partial charge in [0.1, 0.15) is 5.75 Å². The first-order valence-electron chi connectivity index (χ1n) is 9.86. The summed E-state index contributed by atoms with van der Waals surface area (Å²) in [5, 5.41) is 6.15. The Morgan fingerprint density at radius 2 is 1.90 bits per heavy atom. The lowest BCUT2D eigenvalue weighted by Gasteiger charge is -2.28. The molecule has 154 valence electrons. The number of esters is 1. The molecule has 0 bridgehead atoms. The third-order valence-electron chi connectivity index (χ3n) is 4.44. The number of rotatable bonds is 8. The molecule has 0 saturated carbocycles. The second kappa shape index (κ2) is 9.09. The van der Waals surface area contributed by atoms with Gasteiger partial charge < -0.3 is 14.8 Å². The molecule has 0 spiro atoms. The summed E-state index contributed by atoms with van der Waals surface area (Å²) in [6, 6.07) is 15.1. The first kappa shape index (κ1) is 20.9. The van der Waals surface area contributed by atoms with Crippen LogP contribution in [0, 0.1) is 0 Å². The smallest absolute Gasteiger partial charge is 0.311 e. The Bertz CT molecular complexity index is 859. The molecule has 1 unspecified atom stereocenters. The highest BCUT2D eigenvalue weighted by atomic mass is 16.6. The van der Waals surface area contributed by atoms with Crippen LogP contribution in [0.15, 0.2) is 48.5 Å². The molecule has 0 saturated heterocycles. The van der Waals surface area contributed by atoms with Crippen LogP contribution in [0.3, 0.4) is 0 Å². The van der Waals surface area contributed by atoms with E-state index >= 15 is 0 Å². The number of carbonyl (C=O) groups excluding carboxylic acids is 2. The van der Waals surface area contributed by atoms with E-state index in [0.717, 1.165) is 16.8 Å². The maximum absolute atomic E-state index is 12.4. The Kier molecular flexibility index (Phi) is 6.54. The molecule has 2 aromatic rings. The number of hydrogen-bond acceptors (Lipinski definition) is 5. The van der Waals surface area contributed by atoms with Gasteiger partial charge in [-0.3, -0.25) is 14.9 Å². The molecule has 6 nitrogen and oxygen atoms in total. The third kappa shape index (κ3) is 6.32. The number of nitrogens with one attached hydrogen (secondary N) is 2. The minimum Gasteiger partial charge on any atom is -0.493 e. The van der Waals surface area contributed by atoms with Crippen LogP contribution in [0.25, 0.3) is 0 Å². The van der Waals surface area contributed by atoms with Crippen LogP contribution >= 0.6 is 0 Å². The van der Waals surface area contributed by atoms with Crippen LogP contribution in [0.5, 0.6) is 5.75 Å². The second-order valence-corrected chi connectivity index (χ2v) is 8.18. The topological polar surface area (TPSA) is 76.7 Å². The van der Waals surface area contributed by atoms with Crippen molar-refractivity contribution in [2.45, 2.75) is 51.8 Å². The van der Waals surface area contributed by atoms with Crippen molar-refractivity contribution in [1.82, 2.24) is 5.32 Å². The van der Waals surface area contributed by atoms with Gasteiger partial charge in [-0.1, -0.05) is 36.4 Å². The number of ether oxygens (including phenoxy) is 2. The van der Waals surface area contributed by atoms with Crippen molar-refractivity contribution >= 4 is 17.6 Å². The summed E-state index contributed by atoms with van der Waals surface area (Å²) in [6.45, 7) is 6.42. The van der Waals surface area contributed by atoms with Gasteiger partial charge in [-0.05, 0) is 38.5 Å². The molecule has 1 heterocycles. The quantitative estimate of drug-likeness (QED) is 0.528. The molecule has 6 heteroatoms. The highest BCUT2D eigenvalue weighted by Gasteiger charge is 2.23. The van der Waals surface area contributed by atoms with Crippen molar-refractivity contribution in [3.8, 4) is 5.75 Å². The molecule has 1 aliphatic rings. The highest BCUT2D eigenvalue weighted by molar-refractivity contribution is 6.00. The van der Waals surface area contributed by atoms with E-state index in [9.17, 15) is 9.59 Å². The number of hydrogen-bond donors (Lipinski definition) is 2. The predicted octanol–water partition coefficient (Wildman–Crippen LogP) is 3.45. The summed E-state index contributed by atoms with van der Waals surface area (Å²) in [6.07, 6.45) is 0.566. The Hall–Kier alpha value is -2.86. The zero-order chi connectivity index (χ0) is 20.9. The van der Waals surface area contributed by atoms with E-state index in [1.807, 2.05) is 69.3 Å². The van der Waals surface area contributed by atoms with Gasteiger partial charge >= 0.3 is 5.97 Å². The molecule has 0 aliphatic carbocycles. The van der Waals surface area contributed by atoms with Gasteiger partial charge in [0.25, 0.3) is 0 Å². The van der Waals surface area contributed by atoms with Crippen molar-refractivity contribution in [1.29, 1.82) is 0 Å². The van der Waals surface area contributed by atoms with Crippen LogP contribution in [-0.4, -0.2) is 30.3 Å². The average molecular weight is 396 g/mol. The number of anilines is 1. The van der Waals surface area contributed by atoms with Crippen LogP contribution in [-0.2, 0) is 27.2 Å². The van der Waals surface area contributed by atoms with Crippen molar-refractivity contribution in [3.63, 3.8) is 0 Å². The summed E-state index contributed by atoms with van der Waals surface area (Å²) in [7, 11) is 0. The molecular formula is C23H28N2O4. The predicted molar refractivity (Wildman–Crippen MR) is 112 cm³/mol. The minimum atomic E-state index is -0.470. The van der Waals surface area contributed by atoms with Crippen molar-refractivity contribution in [2.24, 2.45) is 0 Å². The highest BCUT2D eigenvalue weighted by Crippen LogP contribution is 2.31. The summed E-state index contributed by atoms with van der Waals surface area (Å²) >= 11 is 0. The number of benzene rings is 2. The van der Waals surface area contributed by atoms with Crippen LogP contribution in [0.1, 0.15) is 38.3 Å². The Morgan fingerprint density at radius 1 is 1.14 bits per heavy atom. The summed E-state index contributed by atoms with van der Waals surface area (Å²) < 4.78 is 11.6. The largest absolute Gasteiger partial charge is 0.493 e. The first-order chi connectivity index (χ1) is 13.8. The molecule has 3 rings (SSSR count). The van der Waals surface area contributed by atoms with Gasteiger partial charge in [0.05, 0.1) is 19.4 Å². The molecule has 1 amide bonds. The second-order valence-electron chi connectivity index (χ2n) is 8.18. The molecule has 0 aromatic heterocycles. The zero-order valence-electron chi connectivity index (χ0n) is 17.2. The van der Waals surface area contributed by atoms with Gasteiger partial charge in [-0.25, -0.2) is 0 Å². The fourth-order valence-electron chi connectivity index (χ4n) is 3.24. The Morgan fingerprint density at radius 3 is 2.62 bits per heavy atom. The SMILES string of the molecule is CC(C)(C)NC(CCOc1cccc2c1CC(=O)N2)OC(=O)Cc1ccccc1. The van der Waals surface area contributed by atoms with Crippen LogP contribution in [0.4, 0.5) is 5.69 Å². The van der Waals surface area contributed by atoms with E-state index in [1.165, 1.54) is 0 Å². The van der Waals surface area contributed by atoms with E-state index in [0.29, 0.717) is 25.2 Å². The monoisotopic (exact) mass is 396 g/mol. The van der Waals surface area contributed by atoms with Crippen molar-refractivity contribution in [3.05, 3.63) is 59.7 Å². The number of fused-ring (bicyclic) bond motifs is 1. The Balaban J connectivity index is 1.57. The number of amides is 1. The van der Waals surface area contributed by atoms with Crippen molar-refractivity contribution in [2.75, 3.05) is 11.9 Å². The standard InChI is InChI=1S/C23H28N2O4/c1-23(2,3)25-21(29-22(27)14-16-8-5-4-6-9-16)12-13-28-19-11-7-10-18-17(19)15-20(26)24-18/h4-11,21,25H,12-15H2,1-3H3,(H,24,26). The van der Waals surface area contributed by atoms with Gasteiger partial charge in [-0.15, -0.1) is 0 Å². The number of carbonyl (C=O) groups is 2. The molecule has 0 fully saturated rings. The van der Waals surface area contributed by atoms with Crippen LogP contribution in [0.2, 0.25) is 0 Å². The molecule has 2 N–H and O–H groups in total. The summed E-state index contributed by atoms with van der Waals surface area (Å²) in [5.74, 6) is 0.373. The Labute approximate surface area is 171 Å². The first-order valence-corrected chi connectivity index (χ1v) is 9.86. The normalized spacial score (nSPS) is 14.1. The fourth-order valence-corrected chi connectivity index (χ4v) is 3.24. The maximum atomic E-state index is 12.4. The van der Waals surface area contributed by atoms with Crippen molar-refractivity contribution < 1.29 is 19.1 Å². The van der Waals surface area contributed by atoms with Crippen LogP contribution < -0.4 is 15.4 Å². The molecule has 1 atom stereocenters. The van der Waals surface area contributed by atoms with Gasteiger partial charge in [0, 0.05) is 23.2 Å². The summed E-state index contributed by atoms with van der Waals surface area (Å²) in [5.41, 5.74) is 2.37. The minimum absolute atomic E-state index is 0.0295. The maximum Gasteiger partial charge on any atom is 0.311 e. The van der Waals surface area contributed by atoms with E-state index in [2.05, 4.69) is 10.6 Å². The van der Waals surface area contributed by atoms with Gasteiger partial charge in [0.15, 0.2) is 6.23 Å². The van der Waals surface area contributed by atoms with E-state index in [1.54, 1.807) is 0 Å². The molecule has 2 aromatic carbocycles. The van der Waals surface area contributed by atoms with E-state index in [-0.39, 0.29) is 23.8 Å². The molecule has 0 radical (unpaired) electrons. The lowest BCUT2D eigenvalue weighted by Crippen LogP contribution is -2.46. The average Bonchev–Trinajstić information content (AvgIpc) is 3.02. The lowest BCUT2D eigenvalue weighted by molar-refractivity contribution is -0.151. The van der Waals surface area contributed by atoms with E-state index in [4.69, 9.17) is 9.47 Å². The lowest BCUT2D eigenvalue weighted by atomic mass is 10.1. The fraction of sp³-hybridized carbons (Fsp3) is 0.391.